The second-order valence-corrected chi connectivity index (χ2v) is 10.2. The van der Waals surface area contributed by atoms with E-state index < -0.39 is 0 Å². The number of thioether (sulfide) groups is 1. The van der Waals surface area contributed by atoms with Gasteiger partial charge in [-0.2, -0.15) is 10.2 Å². The molecule has 2 aromatic rings. The Labute approximate surface area is 187 Å². The van der Waals surface area contributed by atoms with Crippen LogP contribution in [0.1, 0.15) is 43.2 Å². The van der Waals surface area contributed by atoms with Crippen molar-refractivity contribution in [1.29, 1.82) is 5.26 Å². The summed E-state index contributed by atoms with van der Waals surface area (Å²) in [5, 5.41) is 16.3. The summed E-state index contributed by atoms with van der Waals surface area (Å²) in [6, 6.07) is 10.5. The van der Waals surface area contributed by atoms with Gasteiger partial charge in [-0.3, -0.25) is 4.79 Å². The third-order valence-corrected chi connectivity index (χ3v) is 8.13. The normalized spacial score (nSPS) is 28.4. The lowest BCUT2D eigenvalue weighted by atomic mass is 9.49. The molecule has 0 spiro atoms. The van der Waals surface area contributed by atoms with Gasteiger partial charge in [0.2, 0.25) is 5.95 Å². The van der Waals surface area contributed by atoms with Crippen LogP contribution in [0.2, 0.25) is 0 Å². The number of rotatable bonds is 7. The quantitative estimate of drug-likeness (QED) is 0.622. The average molecular weight is 434 g/mol. The van der Waals surface area contributed by atoms with Crippen molar-refractivity contribution in [2.45, 2.75) is 43.5 Å². The minimum absolute atomic E-state index is 0.160. The fourth-order valence-corrected chi connectivity index (χ4v) is 6.72. The van der Waals surface area contributed by atoms with E-state index in [0.29, 0.717) is 35.6 Å². The summed E-state index contributed by atoms with van der Waals surface area (Å²) in [5.74, 6) is 2.79. The topological polar surface area (TPSA) is 90.7 Å². The Morgan fingerprint density at radius 3 is 2.71 bits per heavy atom. The van der Waals surface area contributed by atoms with Crippen LogP contribution in [0.25, 0.3) is 0 Å². The average Bonchev–Trinajstić information content (AvgIpc) is 2.79. The maximum Gasteiger partial charge on any atom is 0.224 e. The van der Waals surface area contributed by atoms with Crippen LogP contribution in [0.4, 0.5) is 11.8 Å². The Balaban J connectivity index is 1.29. The van der Waals surface area contributed by atoms with Crippen molar-refractivity contribution in [3.05, 3.63) is 41.6 Å². The van der Waals surface area contributed by atoms with Crippen LogP contribution in [0.15, 0.2) is 35.4 Å². The van der Waals surface area contributed by atoms with E-state index >= 15 is 0 Å². The molecule has 4 atom stereocenters. The first-order valence-corrected chi connectivity index (χ1v) is 12.2. The van der Waals surface area contributed by atoms with Crippen molar-refractivity contribution in [2.24, 2.45) is 23.2 Å². The van der Waals surface area contributed by atoms with Crippen LogP contribution in [0.5, 0.6) is 0 Å². The lowest BCUT2D eigenvalue weighted by Crippen LogP contribution is -2.53. The highest BCUT2D eigenvalue weighted by molar-refractivity contribution is 7.98. The number of benzene rings is 1. The molecule has 6 rings (SSSR count). The van der Waals surface area contributed by atoms with Crippen LogP contribution >= 0.6 is 11.8 Å². The molecule has 4 saturated carbocycles. The number of anilines is 2. The minimum atomic E-state index is 0.160. The fraction of sp³-hybridized carbons (Fsp3) is 0.500. The number of nitrogens with one attached hydrogen (secondary N) is 2. The summed E-state index contributed by atoms with van der Waals surface area (Å²) in [5.41, 5.74) is 1.80. The van der Waals surface area contributed by atoms with Crippen LogP contribution in [0.3, 0.4) is 0 Å². The molecular formula is C24H27N5OS. The molecule has 1 heterocycles. The first-order chi connectivity index (χ1) is 15.1. The van der Waals surface area contributed by atoms with E-state index in [1.54, 1.807) is 18.0 Å². The van der Waals surface area contributed by atoms with Gasteiger partial charge in [0, 0.05) is 29.8 Å². The summed E-state index contributed by atoms with van der Waals surface area (Å²) in [4.78, 5) is 22.6. The van der Waals surface area contributed by atoms with E-state index in [-0.39, 0.29) is 17.3 Å². The van der Waals surface area contributed by atoms with Gasteiger partial charge < -0.3 is 10.6 Å². The van der Waals surface area contributed by atoms with E-state index in [2.05, 4.69) is 45.1 Å². The molecule has 7 heteroatoms. The number of nitrogens with zero attached hydrogens (tertiary/aromatic N) is 3. The van der Waals surface area contributed by atoms with Crippen LogP contribution in [-0.2, 0) is 11.3 Å². The van der Waals surface area contributed by atoms with Gasteiger partial charge in [-0.1, -0.05) is 18.2 Å². The maximum atomic E-state index is 12.5. The Morgan fingerprint density at radius 2 is 1.97 bits per heavy atom. The van der Waals surface area contributed by atoms with Crippen LogP contribution < -0.4 is 10.6 Å². The van der Waals surface area contributed by atoms with Crippen molar-refractivity contribution in [1.82, 2.24) is 9.97 Å². The van der Waals surface area contributed by atoms with E-state index in [9.17, 15) is 10.1 Å². The highest BCUT2D eigenvalue weighted by Gasteiger charge is 2.54. The first kappa shape index (κ1) is 20.3. The third kappa shape index (κ3) is 3.89. The van der Waals surface area contributed by atoms with Gasteiger partial charge in [-0.25, -0.2) is 4.98 Å². The predicted molar refractivity (Wildman–Crippen MR) is 122 cm³/mol. The molecule has 4 bridgehead atoms. The second kappa shape index (κ2) is 8.16. The summed E-state index contributed by atoms with van der Waals surface area (Å²) >= 11 is 1.71. The number of Topliss-reactive ketones (excluding diaryl/α,β-unsaturated/α-hetero) is 1. The Hall–Kier alpha value is -2.59. The van der Waals surface area contributed by atoms with Crippen molar-refractivity contribution in [3.63, 3.8) is 0 Å². The van der Waals surface area contributed by atoms with E-state index in [0.717, 1.165) is 32.2 Å². The summed E-state index contributed by atoms with van der Waals surface area (Å²) in [7, 11) is 0. The highest BCUT2D eigenvalue weighted by atomic mass is 32.2. The molecule has 4 aliphatic rings. The molecule has 4 aliphatic carbocycles. The smallest absolute Gasteiger partial charge is 0.224 e. The maximum absolute atomic E-state index is 12.5. The van der Waals surface area contributed by atoms with Gasteiger partial charge in [0.25, 0.3) is 0 Å². The van der Waals surface area contributed by atoms with Gasteiger partial charge in [0.15, 0.2) is 0 Å². The molecular weight excluding hydrogens is 406 g/mol. The Morgan fingerprint density at radius 1 is 1.19 bits per heavy atom. The van der Waals surface area contributed by atoms with E-state index in [1.165, 1.54) is 16.9 Å². The number of aromatic nitrogens is 2. The number of hydrogen-bond donors (Lipinski definition) is 2. The van der Waals surface area contributed by atoms with Gasteiger partial charge in [-0.15, -0.1) is 11.8 Å². The SMILES string of the molecule is CSc1ccccc1CNc1ncc(C#N)c(NCC23CC4C[C@H](C2)C(=O)[C@@H](C4)C3)n1. The number of carbonyl (C=O) groups is 1. The molecule has 2 N–H and O–H groups in total. The molecule has 31 heavy (non-hydrogen) atoms. The monoisotopic (exact) mass is 433 g/mol. The second-order valence-electron chi connectivity index (χ2n) is 9.33. The first-order valence-electron chi connectivity index (χ1n) is 11.0. The third-order valence-electron chi connectivity index (χ3n) is 7.29. The van der Waals surface area contributed by atoms with Crippen molar-refractivity contribution in [2.75, 3.05) is 23.4 Å². The number of ketones is 1. The molecule has 0 aliphatic heterocycles. The van der Waals surface area contributed by atoms with Gasteiger partial charge in [-0.05, 0) is 61.3 Å². The Kier molecular flexibility index (Phi) is 5.35. The lowest BCUT2D eigenvalue weighted by molar-refractivity contribution is -0.146. The molecule has 1 aromatic heterocycles. The Bertz CT molecular complexity index is 1030. The highest BCUT2D eigenvalue weighted by Crippen LogP contribution is 2.58. The summed E-state index contributed by atoms with van der Waals surface area (Å²) < 4.78 is 0. The fourth-order valence-electron chi connectivity index (χ4n) is 6.10. The summed E-state index contributed by atoms with van der Waals surface area (Å²) in [6.45, 7) is 1.39. The van der Waals surface area contributed by atoms with Gasteiger partial charge >= 0.3 is 0 Å². The zero-order chi connectivity index (χ0) is 21.4. The minimum Gasteiger partial charge on any atom is -0.368 e. The molecule has 160 valence electrons. The largest absolute Gasteiger partial charge is 0.368 e. The molecule has 0 saturated heterocycles. The predicted octanol–water partition coefficient (Wildman–Crippen LogP) is 4.49. The zero-order valence-electron chi connectivity index (χ0n) is 17.7. The number of hydrogen-bond acceptors (Lipinski definition) is 7. The van der Waals surface area contributed by atoms with Gasteiger partial charge in [0.1, 0.15) is 23.2 Å². The summed E-state index contributed by atoms with van der Waals surface area (Å²) in [6.07, 6.45) is 8.96. The zero-order valence-corrected chi connectivity index (χ0v) is 18.5. The van der Waals surface area contributed by atoms with E-state index in [1.807, 2.05) is 12.1 Å². The van der Waals surface area contributed by atoms with E-state index in [4.69, 9.17) is 0 Å². The van der Waals surface area contributed by atoms with Crippen molar-refractivity contribution in [3.8, 4) is 6.07 Å². The molecule has 0 amide bonds. The van der Waals surface area contributed by atoms with Crippen molar-refractivity contribution >= 4 is 29.3 Å². The van der Waals surface area contributed by atoms with Crippen LogP contribution in [0, 0.1) is 34.5 Å². The molecule has 4 fully saturated rings. The molecule has 2 unspecified atom stereocenters. The standard InChI is InChI=1S/C24H27N5OS/c1-31-20-5-3-2-4-16(20)12-26-23-27-13-19(11-25)22(29-23)28-14-24-8-15-6-17(9-24)21(30)18(7-15)10-24/h2-5,13,15,17-18H,6-10,12,14H2,1H3,(H2,26,27,28,29)/t15?,17-,18+,24?. The number of nitriles is 1. The van der Waals surface area contributed by atoms with Crippen molar-refractivity contribution < 1.29 is 4.79 Å². The molecule has 6 nitrogen and oxygen atoms in total. The number of carbonyl (C=O) groups excluding carboxylic acids is 1. The van der Waals surface area contributed by atoms with Crippen LogP contribution in [-0.4, -0.2) is 28.6 Å². The lowest BCUT2D eigenvalue weighted by Gasteiger charge is -2.55. The van der Waals surface area contributed by atoms with Gasteiger partial charge in [0.05, 0.1) is 6.20 Å². The molecule has 1 aromatic carbocycles. The molecule has 0 radical (unpaired) electrons.